The molecular weight excluding hydrogens is 346 g/mol. The Morgan fingerprint density at radius 3 is 2.54 bits per heavy atom. The summed E-state index contributed by atoms with van der Waals surface area (Å²) in [5, 5.41) is 18.9. The van der Waals surface area contributed by atoms with Crippen LogP contribution < -0.4 is 0 Å². The Kier molecular flexibility index (Phi) is 5.70. The van der Waals surface area contributed by atoms with Gasteiger partial charge in [0.05, 0.1) is 5.70 Å². The Labute approximate surface area is 159 Å². The molecule has 26 heavy (non-hydrogen) atoms. The second-order valence-corrected chi connectivity index (χ2v) is 8.70. The molecule has 1 fully saturated rings. The van der Waals surface area contributed by atoms with Crippen molar-refractivity contribution in [3.63, 3.8) is 0 Å². The van der Waals surface area contributed by atoms with Gasteiger partial charge in [-0.2, -0.15) is 0 Å². The summed E-state index contributed by atoms with van der Waals surface area (Å²) in [6.45, 7) is 8.36. The molecule has 0 atom stereocenters. The zero-order valence-electron chi connectivity index (χ0n) is 15.6. The zero-order valence-corrected chi connectivity index (χ0v) is 16.4. The van der Waals surface area contributed by atoms with Gasteiger partial charge in [-0.15, -0.1) is 10.2 Å². The Morgan fingerprint density at radius 2 is 1.88 bits per heavy atom. The number of hydrogen-bond acceptors (Lipinski definition) is 4. The number of aromatic nitrogens is 3. The maximum absolute atomic E-state index is 11.8. The maximum atomic E-state index is 11.8. The van der Waals surface area contributed by atoms with E-state index < -0.39 is 10.7 Å². The molecule has 0 aliphatic heterocycles. The average molecular weight is 374 g/mol. The SMILES string of the molecule is C=C1CCCCC/C(C)=C\C=C/1n1c(C)nnc1SC1(C(=O)O)CCC1. The predicted molar refractivity (Wildman–Crippen MR) is 105 cm³/mol. The molecule has 140 valence electrons. The Balaban J connectivity index is 1.99. The molecule has 1 aromatic rings. The molecule has 3 rings (SSSR count). The summed E-state index contributed by atoms with van der Waals surface area (Å²) in [6.07, 6.45) is 12.1. The van der Waals surface area contributed by atoms with Crippen LogP contribution in [0.1, 0.15) is 64.1 Å². The second kappa shape index (κ2) is 7.82. The van der Waals surface area contributed by atoms with Gasteiger partial charge in [-0.05, 0) is 70.4 Å². The van der Waals surface area contributed by atoms with Gasteiger partial charge in [0.25, 0.3) is 0 Å². The highest BCUT2D eigenvalue weighted by Gasteiger charge is 2.47. The van der Waals surface area contributed by atoms with Crippen LogP contribution in [0.15, 0.2) is 35.0 Å². The van der Waals surface area contributed by atoms with E-state index in [1.54, 1.807) is 0 Å². The van der Waals surface area contributed by atoms with Crippen LogP contribution in [-0.2, 0) is 4.79 Å². The lowest BCUT2D eigenvalue weighted by atomic mass is 9.84. The number of aliphatic carboxylic acids is 1. The van der Waals surface area contributed by atoms with Gasteiger partial charge in [-0.1, -0.05) is 36.4 Å². The van der Waals surface area contributed by atoms with Crippen LogP contribution >= 0.6 is 11.8 Å². The van der Waals surface area contributed by atoms with Gasteiger partial charge in [0, 0.05) is 0 Å². The van der Waals surface area contributed by atoms with E-state index >= 15 is 0 Å². The van der Waals surface area contributed by atoms with Gasteiger partial charge in [0.1, 0.15) is 10.6 Å². The van der Waals surface area contributed by atoms with Crippen molar-refractivity contribution >= 4 is 23.4 Å². The third-order valence-electron chi connectivity index (χ3n) is 5.31. The fourth-order valence-corrected chi connectivity index (χ4v) is 4.75. The van der Waals surface area contributed by atoms with Gasteiger partial charge >= 0.3 is 5.97 Å². The summed E-state index contributed by atoms with van der Waals surface area (Å²) >= 11 is 1.34. The highest BCUT2D eigenvalue weighted by Crippen LogP contribution is 2.48. The van der Waals surface area contributed by atoms with Gasteiger partial charge in [0.15, 0.2) is 5.16 Å². The number of hydrogen-bond donors (Lipinski definition) is 1. The Hall–Kier alpha value is -1.82. The lowest BCUT2D eigenvalue weighted by Gasteiger charge is -2.36. The molecule has 5 nitrogen and oxygen atoms in total. The minimum absolute atomic E-state index is 0.653. The molecule has 0 aromatic carbocycles. The number of aryl methyl sites for hydroxylation is 1. The first-order valence-electron chi connectivity index (χ1n) is 9.33. The molecule has 1 saturated carbocycles. The van der Waals surface area contributed by atoms with Crippen LogP contribution in [-0.4, -0.2) is 30.6 Å². The van der Waals surface area contributed by atoms with E-state index in [0.29, 0.717) is 18.0 Å². The molecule has 0 bridgehead atoms. The second-order valence-electron chi connectivity index (χ2n) is 7.35. The van der Waals surface area contributed by atoms with Crippen molar-refractivity contribution < 1.29 is 9.90 Å². The average Bonchev–Trinajstić information content (AvgIpc) is 2.91. The first-order chi connectivity index (χ1) is 12.4. The summed E-state index contributed by atoms with van der Waals surface area (Å²) < 4.78 is 1.22. The molecule has 1 N–H and O–H groups in total. The van der Waals surface area contributed by atoms with E-state index in [-0.39, 0.29) is 0 Å². The number of carbonyl (C=O) groups is 1. The molecule has 2 aliphatic carbocycles. The monoisotopic (exact) mass is 373 g/mol. The van der Waals surface area contributed by atoms with Crippen molar-refractivity contribution in [1.29, 1.82) is 0 Å². The van der Waals surface area contributed by atoms with Gasteiger partial charge in [-0.25, -0.2) is 0 Å². The highest BCUT2D eigenvalue weighted by atomic mass is 32.2. The molecule has 0 saturated heterocycles. The normalized spacial score (nSPS) is 24.8. The zero-order chi connectivity index (χ0) is 18.7. The molecular formula is C20H27N3O2S. The van der Waals surface area contributed by atoms with Gasteiger partial charge < -0.3 is 5.11 Å². The maximum Gasteiger partial charge on any atom is 0.320 e. The van der Waals surface area contributed by atoms with E-state index in [2.05, 4.69) is 35.9 Å². The third-order valence-corrected chi connectivity index (χ3v) is 6.73. The predicted octanol–water partition coefficient (Wildman–Crippen LogP) is 4.99. The minimum Gasteiger partial charge on any atom is -0.480 e. The fourth-order valence-electron chi connectivity index (χ4n) is 3.42. The molecule has 1 heterocycles. The molecule has 0 unspecified atom stereocenters. The number of rotatable bonds is 4. The van der Waals surface area contributed by atoms with Crippen molar-refractivity contribution in [2.45, 2.75) is 75.1 Å². The highest BCUT2D eigenvalue weighted by molar-refractivity contribution is 8.01. The quantitative estimate of drug-likeness (QED) is 0.805. The Bertz CT molecular complexity index is 772. The Morgan fingerprint density at radius 1 is 1.15 bits per heavy atom. The first-order valence-corrected chi connectivity index (χ1v) is 10.1. The van der Waals surface area contributed by atoms with Crippen LogP contribution in [0.2, 0.25) is 0 Å². The summed E-state index contributed by atoms with van der Waals surface area (Å²) in [5.41, 5.74) is 3.38. The lowest BCUT2D eigenvalue weighted by molar-refractivity contribution is -0.142. The van der Waals surface area contributed by atoms with E-state index in [0.717, 1.165) is 42.8 Å². The van der Waals surface area contributed by atoms with Crippen LogP contribution in [0.25, 0.3) is 5.70 Å². The molecule has 0 spiro atoms. The largest absolute Gasteiger partial charge is 0.480 e. The summed E-state index contributed by atoms with van der Waals surface area (Å²) in [4.78, 5) is 11.8. The minimum atomic E-state index is -0.763. The molecule has 0 amide bonds. The van der Waals surface area contributed by atoms with Crippen molar-refractivity contribution in [2.24, 2.45) is 0 Å². The number of carboxylic acids is 1. The third kappa shape index (κ3) is 3.80. The molecule has 6 heteroatoms. The fraction of sp³-hybridized carbons (Fsp3) is 0.550. The number of allylic oxidation sites excluding steroid dienone is 5. The van der Waals surface area contributed by atoms with E-state index in [4.69, 9.17) is 0 Å². The van der Waals surface area contributed by atoms with Crippen molar-refractivity contribution in [1.82, 2.24) is 14.8 Å². The van der Waals surface area contributed by atoms with Crippen LogP contribution in [0.5, 0.6) is 0 Å². The summed E-state index contributed by atoms with van der Waals surface area (Å²) in [7, 11) is 0. The first kappa shape index (κ1) is 19.0. The van der Waals surface area contributed by atoms with Gasteiger partial charge in [-0.3, -0.25) is 9.36 Å². The van der Waals surface area contributed by atoms with Crippen LogP contribution in [0, 0.1) is 6.92 Å². The molecule has 2 aliphatic rings. The van der Waals surface area contributed by atoms with Crippen LogP contribution in [0.3, 0.4) is 0 Å². The van der Waals surface area contributed by atoms with E-state index in [9.17, 15) is 9.90 Å². The summed E-state index contributed by atoms with van der Waals surface area (Å²) in [6, 6.07) is 0. The number of nitrogens with zero attached hydrogens (tertiary/aromatic N) is 3. The van der Waals surface area contributed by atoms with Crippen molar-refractivity contribution in [2.75, 3.05) is 0 Å². The van der Waals surface area contributed by atoms with E-state index in [1.165, 1.54) is 30.2 Å². The van der Waals surface area contributed by atoms with Crippen LogP contribution in [0.4, 0.5) is 0 Å². The topological polar surface area (TPSA) is 68.0 Å². The lowest BCUT2D eigenvalue weighted by Crippen LogP contribution is -2.42. The molecule has 0 radical (unpaired) electrons. The molecule has 1 aromatic heterocycles. The van der Waals surface area contributed by atoms with Gasteiger partial charge in [0.2, 0.25) is 0 Å². The summed E-state index contributed by atoms with van der Waals surface area (Å²) in [5.74, 6) is 0.0123. The standard InChI is InChI=1S/C20H27N3O2S/c1-14-8-5-4-6-9-15(2)17(11-10-14)23-16(3)21-22-19(23)26-20(18(24)25)12-7-13-20/h10-11H,2,4-9,12-13H2,1,3H3,(H,24,25)/b14-10-,17-11+. The smallest absolute Gasteiger partial charge is 0.320 e. The number of thioether (sulfide) groups is 1. The number of carboxylic acid groups (broad SMARTS) is 1. The van der Waals surface area contributed by atoms with Crippen molar-refractivity contribution in [3.05, 3.63) is 35.7 Å². The van der Waals surface area contributed by atoms with E-state index in [1.807, 2.05) is 11.5 Å². The van der Waals surface area contributed by atoms with Crippen molar-refractivity contribution in [3.8, 4) is 0 Å².